The second kappa shape index (κ2) is 13.4. The maximum Gasteiger partial charge on any atom is 0.336 e. The number of carbonyl (C=O) groups excluding carboxylic acids is 6. The molecule has 4 fully saturated rings. The third-order valence-electron chi connectivity index (χ3n) is 10.9. The van der Waals surface area contributed by atoms with Crippen LogP contribution in [0.15, 0.2) is 0 Å². The maximum atomic E-state index is 14.4. The first kappa shape index (κ1) is 38.4. The summed E-state index contributed by atoms with van der Waals surface area (Å²) in [5.74, 6) is -1.45. The van der Waals surface area contributed by atoms with Crippen LogP contribution < -0.4 is 21.4 Å². The van der Waals surface area contributed by atoms with Crippen LogP contribution in [-0.2, 0) is 19.2 Å². The van der Waals surface area contributed by atoms with E-state index in [1.165, 1.54) is 9.91 Å². The number of hydrogen-bond acceptors (Lipinski definition) is 6. The molecule has 0 aromatic carbocycles. The largest absolute Gasteiger partial charge is 0.336 e. The first-order chi connectivity index (χ1) is 22.4. The summed E-state index contributed by atoms with van der Waals surface area (Å²) in [5.41, 5.74) is 0.900. The van der Waals surface area contributed by atoms with E-state index in [2.05, 4.69) is 35.2 Å². The lowest BCUT2D eigenvalue weighted by Gasteiger charge is -2.40. The van der Waals surface area contributed by atoms with Gasteiger partial charge in [0, 0.05) is 37.0 Å². The molecule has 0 spiro atoms. The Kier molecular flexibility index (Phi) is 10.5. The van der Waals surface area contributed by atoms with E-state index in [9.17, 15) is 28.8 Å². The van der Waals surface area contributed by atoms with E-state index in [1.807, 2.05) is 69.2 Å². The van der Waals surface area contributed by atoms with Crippen LogP contribution in [0, 0.1) is 39.9 Å². The van der Waals surface area contributed by atoms with Crippen LogP contribution >= 0.6 is 0 Å². The Morgan fingerprint density at radius 2 is 1.47 bits per heavy atom. The second-order valence-electron chi connectivity index (χ2n) is 18.5. The van der Waals surface area contributed by atoms with E-state index in [0.29, 0.717) is 38.8 Å². The van der Waals surface area contributed by atoms with Crippen LogP contribution in [0.3, 0.4) is 0 Å². The second-order valence-corrected chi connectivity index (χ2v) is 18.5. The molecule has 0 radical (unpaired) electrons. The number of hydrazine groups is 1. The van der Waals surface area contributed by atoms with Gasteiger partial charge in [0.1, 0.15) is 12.1 Å². The zero-order valence-electron chi connectivity index (χ0n) is 31.8. The summed E-state index contributed by atoms with van der Waals surface area (Å²) in [6.45, 7) is 23.7. The Balaban J connectivity index is 1.52. The lowest BCUT2D eigenvalue weighted by atomic mass is 9.84. The van der Waals surface area contributed by atoms with Crippen LogP contribution in [0.25, 0.3) is 0 Å². The van der Waals surface area contributed by atoms with Crippen LogP contribution in [0.4, 0.5) is 9.59 Å². The molecule has 2 saturated carbocycles. The quantitative estimate of drug-likeness (QED) is 0.225. The van der Waals surface area contributed by atoms with Gasteiger partial charge < -0.3 is 20.9 Å². The Morgan fingerprint density at radius 1 is 0.898 bits per heavy atom. The molecular formula is C36H61N7O6. The van der Waals surface area contributed by atoms with Crippen molar-refractivity contribution in [2.45, 2.75) is 132 Å². The minimum Gasteiger partial charge on any atom is -0.333 e. The molecule has 2 unspecified atom stereocenters. The molecule has 13 heteroatoms. The van der Waals surface area contributed by atoms with Gasteiger partial charge in [-0.05, 0) is 74.5 Å². The molecule has 2 aliphatic heterocycles. The molecule has 276 valence electrons. The summed E-state index contributed by atoms with van der Waals surface area (Å²) in [6, 6.07) is -3.40. The molecule has 4 N–H and O–H groups in total. The van der Waals surface area contributed by atoms with Crippen LogP contribution in [0.5, 0.6) is 0 Å². The highest BCUT2D eigenvalue weighted by atomic mass is 16.2. The summed E-state index contributed by atoms with van der Waals surface area (Å²) >= 11 is 0. The topological polar surface area (TPSA) is 160 Å². The Hall–Kier alpha value is -3.38. The fraction of sp³-hybridized carbons (Fsp3) is 0.833. The monoisotopic (exact) mass is 687 g/mol. The van der Waals surface area contributed by atoms with Gasteiger partial charge in [0.15, 0.2) is 0 Å². The number of likely N-dealkylation sites (tertiary alicyclic amines) is 2. The molecular weight excluding hydrogens is 626 g/mol. The van der Waals surface area contributed by atoms with Gasteiger partial charge in [0.2, 0.25) is 17.7 Å². The SMILES string of the molecule is CCCN(NC(=O)[C@@H]1[C@@H]2[C@H](CN1C(=O)[C@@H](NC(=O)N[C@H](CN1C(=O)C3CCC(C3)C1=O)C(C)(C)C)C(C)(C)C)C2(C)C)C(=O)NC(C)(C)C. The number of urea groups is 2. The average molecular weight is 688 g/mol. The molecule has 4 rings (SSSR count). The van der Waals surface area contributed by atoms with Crippen LogP contribution in [0.2, 0.25) is 0 Å². The third kappa shape index (κ3) is 8.17. The molecule has 13 nitrogen and oxygen atoms in total. The lowest BCUT2D eigenvalue weighted by Crippen LogP contribution is -2.64. The minimum absolute atomic E-state index is 0.0551. The standard InChI is InChI=1S/C36H61N7O6/c1-13-16-43(32(49)39-35(8,9)10)40-27(44)25-24-22(36(24,11)12)18-41(25)30(47)26(34(5,6)7)38-31(48)37-23(33(2,3)4)19-42-28(45)20-14-15-21(17-20)29(42)46/h20-26H,13-19H2,1-12H3,(H,39,49)(H,40,44)(H2,37,38,48)/t20?,21?,22-,23+,24-,25-,26+/m0/s1. The summed E-state index contributed by atoms with van der Waals surface area (Å²) in [6.07, 6.45) is 2.65. The summed E-state index contributed by atoms with van der Waals surface area (Å²) < 4.78 is 0. The van der Waals surface area contributed by atoms with E-state index >= 15 is 0 Å². The van der Waals surface area contributed by atoms with Gasteiger partial charge in [0.25, 0.3) is 5.91 Å². The number of fused-ring (bicyclic) bond motifs is 3. The smallest absolute Gasteiger partial charge is 0.333 e. The first-order valence-corrected chi connectivity index (χ1v) is 18.0. The highest BCUT2D eigenvalue weighted by Crippen LogP contribution is 2.65. The van der Waals surface area contributed by atoms with Crippen molar-refractivity contribution in [2.75, 3.05) is 19.6 Å². The maximum absolute atomic E-state index is 14.4. The van der Waals surface area contributed by atoms with Gasteiger partial charge in [-0.15, -0.1) is 0 Å². The van der Waals surface area contributed by atoms with Crippen molar-refractivity contribution < 1.29 is 28.8 Å². The normalized spacial score (nSPS) is 27.2. The van der Waals surface area contributed by atoms with Gasteiger partial charge in [-0.2, -0.15) is 0 Å². The van der Waals surface area contributed by atoms with E-state index in [0.717, 1.165) is 0 Å². The predicted octanol–water partition coefficient (Wildman–Crippen LogP) is 3.63. The Labute approximate surface area is 292 Å². The van der Waals surface area contributed by atoms with Crippen LogP contribution in [-0.4, -0.2) is 93.8 Å². The fourth-order valence-corrected chi connectivity index (χ4v) is 7.86. The van der Waals surface area contributed by atoms with Crippen molar-refractivity contribution in [3.8, 4) is 0 Å². The van der Waals surface area contributed by atoms with E-state index < -0.39 is 52.5 Å². The van der Waals surface area contributed by atoms with Crippen molar-refractivity contribution in [3.05, 3.63) is 0 Å². The van der Waals surface area contributed by atoms with Crippen molar-refractivity contribution in [1.29, 1.82) is 0 Å². The highest BCUT2D eigenvalue weighted by molar-refractivity contribution is 6.01. The molecule has 0 aromatic heterocycles. The van der Waals surface area contributed by atoms with Crippen LogP contribution in [0.1, 0.15) is 109 Å². The van der Waals surface area contributed by atoms with Gasteiger partial charge in [-0.25, -0.2) is 14.6 Å². The van der Waals surface area contributed by atoms with Gasteiger partial charge in [-0.3, -0.25) is 29.5 Å². The van der Waals surface area contributed by atoms with Gasteiger partial charge in [-0.1, -0.05) is 62.3 Å². The van der Waals surface area contributed by atoms with Crippen molar-refractivity contribution in [3.63, 3.8) is 0 Å². The number of carbonyl (C=O) groups is 6. The van der Waals surface area contributed by atoms with Crippen molar-refractivity contribution in [1.82, 2.24) is 36.2 Å². The molecule has 0 aromatic rings. The molecule has 8 amide bonds. The number of rotatable bonds is 8. The zero-order valence-corrected chi connectivity index (χ0v) is 31.8. The number of nitrogens with zero attached hydrogens (tertiary/aromatic N) is 3. The molecule has 2 aliphatic carbocycles. The fourth-order valence-electron chi connectivity index (χ4n) is 7.86. The predicted molar refractivity (Wildman–Crippen MR) is 185 cm³/mol. The highest BCUT2D eigenvalue weighted by Gasteiger charge is 2.70. The van der Waals surface area contributed by atoms with Crippen molar-refractivity contribution >= 4 is 35.7 Å². The van der Waals surface area contributed by atoms with Gasteiger partial charge >= 0.3 is 12.1 Å². The lowest BCUT2D eigenvalue weighted by molar-refractivity contribution is -0.153. The van der Waals surface area contributed by atoms with Crippen molar-refractivity contribution in [2.24, 2.45) is 39.9 Å². The van der Waals surface area contributed by atoms with E-state index in [-0.39, 0.29) is 53.4 Å². The molecule has 4 aliphatic rings. The number of amides is 8. The zero-order chi connectivity index (χ0) is 37.0. The van der Waals surface area contributed by atoms with E-state index in [4.69, 9.17) is 0 Å². The average Bonchev–Trinajstić information content (AvgIpc) is 3.35. The summed E-state index contributed by atoms with van der Waals surface area (Å²) in [7, 11) is 0. The minimum atomic E-state index is -0.992. The third-order valence-corrected chi connectivity index (χ3v) is 10.9. The van der Waals surface area contributed by atoms with E-state index in [1.54, 1.807) is 4.90 Å². The molecule has 2 saturated heterocycles. The molecule has 7 atom stereocenters. The number of imide groups is 1. The Bertz CT molecular complexity index is 1320. The number of nitrogens with one attached hydrogen (secondary N) is 4. The molecule has 49 heavy (non-hydrogen) atoms. The molecule has 2 bridgehead atoms. The summed E-state index contributed by atoms with van der Waals surface area (Å²) in [5, 5.41) is 10.1. The first-order valence-electron chi connectivity index (χ1n) is 18.0. The number of piperidine rings is 2. The number of hydrogen-bond donors (Lipinski definition) is 4. The Morgan fingerprint density at radius 3 is 1.96 bits per heavy atom. The summed E-state index contributed by atoms with van der Waals surface area (Å²) in [4.78, 5) is 84.3. The van der Waals surface area contributed by atoms with Gasteiger partial charge in [0.05, 0.1) is 6.04 Å². The molecule has 2 heterocycles.